The van der Waals surface area contributed by atoms with Gasteiger partial charge >= 0.3 is 0 Å². The first kappa shape index (κ1) is 20.1. The van der Waals surface area contributed by atoms with Crippen molar-refractivity contribution in [1.82, 2.24) is 5.32 Å². The van der Waals surface area contributed by atoms with Crippen molar-refractivity contribution in [2.45, 2.75) is 16.4 Å². The van der Waals surface area contributed by atoms with Gasteiger partial charge in [0.2, 0.25) is 0 Å². The summed E-state index contributed by atoms with van der Waals surface area (Å²) in [6, 6.07) is 17.3. The Balaban J connectivity index is 1.85. The third-order valence-corrected chi connectivity index (χ3v) is 7.93. The molecular weight excluding hydrogens is 394 g/mol. The molecule has 5 nitrogen and oxygen atoms in total. The van der Waals surface area contributed by atoms with Crippen LogP contribution in [0.25, 0.3) is 0 Å². The topological polar surface area (TPSA) is 72.5 Å². The molecule has 1 amide bonds. The highest BCUT2D eigenvalue weighted by molar-refractivity contribution is 7.93. The zero-order valence-electron chi connectivity index (χ0n) is 15.6. The Morgan fingerprint density at radius 1 is 1.07 bits per heavy atom. The second-order valence-electron chi connectivity index (χ2n) is 6.31. The number of nitrogens with one attached hydrogen (secondary N) is 1. The van der Waals surface area contributed by atoms with Gasteiger partial charge in [-0.2, -0.15) is 0 Å². The molecule has 0 spiro atoms. The van der Waals surface area contributed by atoms with Crippen LogP contribution in [0.15, 0.2) is 70.3 Å². The highest BCUT2D eigenvalue weighted by Crippen LogP contribution is 2.31. The number of carbonyl (C=O) groups excluding carboxylic acids is 1. The van der Waals surface area contributed by atoms with Crippen LogP contribution in [0.4, 0.5) is 0 Å². The first-order valence-electron chi connectivity index (χ1n) is 8.68. The van der Waals surface area contributed by atoms with Crippen LogP contribution in [-0.4, -0.2) is 28.0 Å². The van der Waals surface area contributed by atoms with Crippen LogP contribution in [0, 0.1) is 6.92 Å². The number of carbonyl (C=O) groups is 1. The maximum atomic E-state index is 13.2. The molecule has 3 aromatic rings. The number of benzene rings is 2. The second kappa shape index (κ2) is 8.58. The highest BCUT2D eigenvalue weighted by atomic mass is 32.2. The van der Waals surface area contributed by atoms with Crippen molar-refractivity contribution in [3.63, 3.8) is 0 Å². The summed E-state index contributed by atoms with van der Waals surface area (Å²) in [5.74, 6) is 0.315. The van der Waals surface area contributed by atoms with Gasteiger partial charge in [-0.1, -0.05) is 35.9 Å². The molecule has 1 aromatic heterocycles. The molecule has 0 aliphatic heterocycles. The summed E-state index contributed by atoms with van der Waals surface area (Å²) < 4.78 is 31.7. The fourth-order valence-corrected chi connectivity index (χ4v) is 5.65. The van der Waals surface area contributed by atoms with Crippen LogP contribution in [0.1, 0.15) is 26.7 Å². The van der Waals surface area contributed by atoms with E-state index in [4.69, 9.17) is 4.74 Å². The molecular formula is C21H21NO4S2. The predicted molar refractivity (Wildman–Crippen MR) is 111 cm³/mol. The molecule has 0 bridgehead atoms. The van der Waals surface area contributed by atoms with E-state index in [1.165, 1.54) is 11.3 Å². The lowest BCUT2D eigenvalue weighted by molar-refractivity contribution is 0.0953. The monoisotopic (exact) mass is 415 g/mol. The van der Waals surface area contributed by atoms with E-state index in [9.17, 15) is 13.2 Å². The van der Waals surface area contributed by atoms with Crippen molar-refractivity contribution in [2.24, 2.45) is 0 Å². The predicted octanol–water partition coefficient (Wildman–Crippen LogP) is 4.01. The molecule has 146 valence electrons. The summed E-state index contributed by atoms with van der Waals surface area (Å²) in [5.41, 5.74) is 2.13. The van der Waals surface area contributed by atoms with Crippen molar-refractivity contribution < 1.29 is 17.9 Å². The molecule has 0 saturated heterocycles. The van der Waals surface area contributed by atoms with Gasteiger partial charge in [-0.05, 0) is 48.2 Å². The van der Waals surface area contributed by atoms with Gasteiger partial charge < -0.3 is 10.1 Å². The lowest BCUT2D eigenvalue weighted by Crippen LogP contribution is -2.31. The van der Waals surface area contributed by atoms with Gasteiger partial charge in [0.15, 0.2) is 9.84 Å². The summed E-state index contributed by atoms with van der Waals surface area (Å²) in [7, 11) is -2.08. The molecule has 0 unspecified atom stereocenters. The summed E-state index contributed by atoms with van der Waals surface area (Å²) >= 11 is 1.18. The van der Waals surface area contributed by atoms with Crippen molar-refractivity contribution in [3.05, 3.63) is 82.7 Å². The molecule has 0 aliphatic carbocycles. The van der Waals surface area contributed by atoms with Gasteiger partial charge in [-0.25, -0.2) is 8.42 Å². The number of sulfone groups is 1. The number of ether oxygens (including phenoxy) is 1. The maximum absolute atomic E-state index is 13.2. The first-order valence-corrected chi connectivity index (χ1v) is 11.1. The van der Waals surface area contributed by atoms with Crippen molar-refractivity contribution >= 4 is 27.1 Å². The molecule has 0 fully saturated rings. The Bertz CT molecular complexity index is 1030. The van der Waals surface area contributed by atoms with Crippen molar-refractivity contribution in [2.75, 3.05) is 13.7 Å². The van der Waals surface area contributed by atoms with E-state index in [2.05, 4.69) is 5.32 Å². The van der Waals surface area contributed by atoms with E-state index in [0.717, 1.165) is 5.56 Å². The number of amides is 1. The van der Waals surface area contributed by atoms with E-state index in [1.807, 2.05) is 19.1 Å². The summed E-state index contributed by atoms with van der Waals surface area (Å²) in [6.45, 7) is 1.92. The van der Waals surface area contributed by atoms with E-state index >= 15 is 0 Å². The number of hydrogen-bond donors (Lipinski definition) is 1. The third kappa shape index (κ3) is 4.43. The summed E-state index contributed by atoms with van der Waals surface area (Å²) in [6.07, 6.45) is 0. The van der Waals surface area contributed by atoms with Crippen LogP contribution >= 0.6 is 11.3 Å². The van der Waals surface area contributed by atoms with E-state index in [1.54, 1.807) is 61.0 Å². The van der Waals surface area contributed by atoms with Crippen LogP contribution in [0.2, 0.25) is 0 Å². The van der Waals surface area contributed by atoms with Crippen LogP contribution in [0.3, 0.4) is 0 Å². The molecule has 0 aliphatic rings. The van der Waals surface area contributed by atoms with Gasteiger partial charge in [0, 0.05) is 12.1 Å². The average molecular weight is 416 g/mol. The van der Waals surface area contributed by atoms with Gasteiger partial charge in [0.25, 0.3) is 5.91 Å². The van der Waals surface area contributed by atoms with Crippen LogP contribution in [0.5, 0.6) is 5.75 Å². The molecule has 3 rings (SSSR count). The second-order valence-corrected chi connectivity index (χ2v) is 9.62. The molecule has 0 saturated carbocycles. The smallest absolute Gasteiger partial charge is 0.251 e. The SMILES string of the molecule is COc1ccc(C(=O)NC[C@H](c2ccc(C)cc2)S(=O)(=O)c2cccs2)cc1. The number of hydrogen-bond acceptors (Lipinski definition) is 5. The number of methoxy groups -OCH3 is 1. The first-order chi connectivity index (χ1) is 13.4. The van der Waals surface area contributed by atoms with Crippen LogP contribution in [-0.2, 0) is 9.84 Å². The minimum absolute atomic E-state index is 0.0197. The Kier molecular flexibility index (Phi) is 6.16. The molecule has 0 radical (unpaired) electrons. The molecule has 1 N–H and O–H groups in total. The number of aryl methyl sites for hydroxylation is 1. The summed E-state index contributed by atoms with van der Waals surface area (Å²) in [5, 5.41) is 3.63. The largest absolute Gasteiger partial charge is 0.497 e. The van der Waals surface area contributed by atoms with Crippen LogP contribution < -0.4 is 10.1 Å². The fraction of sp³-hybridized carbons (Fsp3) is 0.190. The van der Waals surface area contributed by atoms with E-state index in [0.29, 0.717) is 16.9 Å². The maximum Gasteiger partial charge on any atom is 0.251 e. The third-order valence-electron chi connectivity index (χ3n) is 4.40. The molecule has 1 heterocycles. The normalized spacial score (nSPS) is 12.4. The summed E-state index contributed by atoms with van der Waals surface area (Å²) in [4.78, 5) is 12.5. The Morgan fingerprint density at radius 2 is 1.75 bits per heavy atom. The lowest BCUT2D eigenvalue weighted by Gasteiger charge is -2.18. The molecule has 1 atom stereocenters. The Labute approximate surface area is 168 Å². The van der Waals surface area contributed by atoms with Gasteiger partial charge in [-0.15, -0.1) is 11.3 Å². The molecule has 2 aromatic carbocycles. The van der Waals surface area contributed by atoms with Gasteiger partial charge in [-0.3, -0.25) is 4.79 Å². The Hall–Kier alpha value is -2.64. The van der Waals surface area contributed by atoms with Crippen molar-refractivity contribution in [3.8, 4) is 5.75 Å². The van der Waals surface area contributed by atoms with Crippen molar-refractivity contribution in [1.29, 1.82) is 0 Å². The lowest BCUT2D eigenvalue weighted by atomic mass is 10.1. The van der Waals surface area contributed by atoms with E-state index in [-0.39, 0.29) is 16.7 Å². The zero-order valence-corrected chi connectivity index (χ0v) is 17.2. The van der Waals surface area contributed by atoms with Gasteiger partial charge in [0.05, 0.1) is 7.11 Å². The standard InChI is InChI=1S/C21H21NO4S2/c1-15-5-7-16(8-6-15)19(28(24,25)20-4-3-13-27-20)14-22-21(23)17-9-11-18(26-2)12-10-17/h3-13,19H,14H2,1-2H3,(H,22,23)/t19-/m1/s1. The fourth-order valence-electron chi connectivity index (χ4n) is 2.78. The quantitative estimate of drug-likeness (QED) is 0.633. The number of thiophene rings is 1. The van der Waals surface area contributed by atoms with E-state index < -0.39 is 15.1 Å². The Morgan fingerprint density at radius 3 is 2.32 bits per heavy atom. The average Bonchev–Trinajstić information content (AvgIpc) is 3.25. The minimum Gasteiger partial charge on any atom is -0.497 e. The molecule has 28 heavy (non-hydrogen) atoms. The minimum atomic E-state index is -3.63. The number of rotatable bonds is 7. The molecule has 7 heteroatoms. The highest BCUT2D eigenvalue weighted by Gasteiger charge is 2.30. The zero-order chi connectivity index (χ0) is 20.1. The van der Waals surface area contributed by atoms with Gasteiger partial charge in [0.1, 0.15) is 15.2 Å².